The topological polar surface area (TPSA) is 106 Å². The van der Waals surface area contributed by atoms with Gasteiger partial charge in [0.15, 0.2) is 0 Å². The summed E-state index contributed by atoms with van der Waals surface area (Å²) in [5.41, 5.74) is 1.53. The van der Waals surface area contributed by atoms with Gasteiger partial charge < -0.3 is 14.5 Å². The summed E-state index contributed by atoms with van der Waals surface area (Å²) in [5, 5.41) is 3.10. The molecular formula is C28H33FN2O6S. The van der Waals surface area contributed by atoms with Crippen molar-refractivity contribution in [3.05, 3.63) is 53.3 Å². The van der Waals surface area contributed by atoms with Gasteiger partial charge in [-0.3, -0.25) is 13.9 Å². The number of furan rings is 1. The van der Waals surface area contributed by atoms with Crippen LogP contribution in [-0.2, 0) is 19.6 Å². The third kappa shape index (κ3) is 5.47. The van der Waals surface area contributed by atoms with E-state index in [2.05, 4.69) is 5.32 Å². The van der Waals surface area contributed by atoms with Gasteiger partial charge in [0.05, 0.1) is 36.3 Å². The highest BCUT2D eigenvalue weighted by Gasteiger charge is 2.34. The predicted molar refractivity (Wildman–Crippen MR) is 144 cm³/mol. The van der Waals surface area contributed by atoms with E-state index in [1.165, 1.54) is 35.6 Å². The molecule has 0 saturated carbocycles. The molecule has 0 spiro atoms. The summed E-state index contributed by atoms with van der Waals surface area (Å²) in [6.45, 7) is 7.40. The first-order valence-electron chi connectivity index (χ1n) is 12.5. The van der Waals surface area contributed by atoms with Gasteiger partial charge in [-0.25, -0.2) is 12.8 Å². The summed E-state index contributed by atoms with van der Waals surface area (Å²) >= 11 is 0. The molecule has 0 saturated heterocycles. The van der Waals surface area contributed by atoms with E-state index in [0.717, 1.165) is 6.26 Å². The Kier molecular flexibility index (Phi) is 7.42. The molecule has 0 unspecified atom stereocenters. The standard InChI is InChI=1S/C28H33FN2O6S/c1-16-20-13-21-23(37-26(25(21)27(33)30-5)17-7-9-18(29)10-8-17)14-22(20)31(38(6,34)35)15-19(36-16)11-12-24(32)28(2,3)4/h7-10,13-14,16,19H,11-12,15H2,1-6H3,(H,30,33)/t16-,19+/m0/s1. The van der Waals surface area contributed by atoms with Crippen LogP contribution < -0.4 is 9.62 Å². The van der Waals surface area contributed by atoms with Gasteiger partial charge in [-0.15, -0.1) is 0 Å². The maximum Gasteiger partial charge on any atom is 0.255 e. The monoisotopic (exact) mass is 544 g/mol. The molecule has 10 heteroatoms. The van der Waals surface area contributed by atoms with Crippen LogP contribution in [0.1, 0.15) is 62.6 Å². The molecule has 4 rings (SSSR count). The lowest BCUT2D eigenvalue weighted by atomic mass is 9.87. The summed E-state index contributed by atoms with van der Waals surface area (Å²) in [6, 6.07) is 8.91. The number of carbonyl (C=O) groups is 2. The van der Waals surface area contributed by atoms with Gasteiger partial charge in [0.25, 0.3) is 5.91 Å². The highest BCUT2D eigenvalue weighted by atomic mass is 32.2. The fraction of sp³-hybridized carbons (Fsp3) is 0.429. The number of amides is 1. The van der Waals surface area contributed by atoms with Crippen molar-refractivity contribution < 1.29 is 31.6 Å². The zero-order chi connectivity index (χ0) is 28.0. The smallest absolute Gasteiger partial charge is 0.255 e. The summed E-state index contributed by atoms with van der Waals surface area (Å²) in [4.78, 5) is 25.5. The van der Waals surface area contributed by atoms with Crippen LogP contribution in [0.3, 0.4) is 0 Å². The number of halogens is 1. The number of hydrogen-bond donors (Lipinski definition) is 1. The molecule has 1 aliphatic rings. The molecule has 3 aromatic rings. The molecule has 204 valence electrons. The summed E-state index contributed by atoms with van der Waals surface area (Å²) in [6.07, 6.45) is 0.708. The maximum absolute atomic E-state index is 13.6. The lowest BCUT2D eigenvalue weighted by Gasteiger charge is -2.25. The van der Waals surface area contributed by atoms with Gasteiger partial charge in [-0.2, -0.15) is 0 Å². The van der Waals surface area contributed by atoms with Crippen LogP contribution >= 0.6 is 0 Å². The van der Waals surface area contributed by atoms with E-state index >= 15 is 0 Å². The molecule has 0 aliphatic carbocycles. The number of carbonyl (C=O) groups excluding carboxylic acids is 2. The molecule has 1 N–H and O–H groups in total. The van der Waals surface area contributed by atoms with Crippen molar-refractivity contribution in [2.75, 3.05) is 24.2 Å². The van der Waals surface area contributed by atoms with Gasteiger partial charge in [0, 0.05) is 41.5 Å². The fourth-order valence-electron chi connectivity index (χ4n) is 4.67. The molecule has 0 bridgehead atoms. The zero-order valence-electron chi connectivity index (χ0n) is 22.4. The molecule has 1 aliphatic heterocycles. The second-order valence-electron chi connectivity index (χ2n) is 10.7. The van der Waals surface area contributed by atoms with Crippen molar-refractivity contribution >= 4 is 38.4 Å². The number of anilines is 1. The van der Waals surface area contributed by atoms with Gasteiger partial charge in [-0.1, -0.05) is 20.8 Å². The number of nitrogens with one attached hydrogen (secondary N) is 1. The molecule has 1 aromatic heterocycles. The van der Waals surface area contributed by atoms with Crippen molar-refractivity contribution in [3.63, 3.8) is 0 Å². The number of fused-ring (bicyclic) bond motifs is 2. The molecule has 2 heterocycles. The SMILES string of the molecule is CNC(=O)c1c(-c2ccc(F)cc2)oc2cc3c(cc12)[C@H](C)O[C@H](CCC(=O)C(C)(C)C)CN3S(C)(=O)=O. The number of ether oxygens (including phenoxy) is 1. The quantitative estimate of drug-likeness (QED) is 0.456. The van der Waals surface area contributed by atoms with Crippen LogP contribution in [-0.4, -0.2) is 46.1 Å². The third-order valence-corrected chi connectivity index (χ3v) is 7.95. The fourth-order valence-corrected chi connectivity index (χ4v) is 5.63. The molecule has 8 nitrogen and oxygen atoms in total. The minimum absolute atomic E-state index is 0.0347. The lowest BCUT2D eigenvalue weighted by molar-refractivity contribution is -0.127. The largest absolute Gasteiger partial charge is 0.455 e. The minimum Gasteiger partial charge on any atom is -0.455 e. The van der Waals surface area contributed by atoms with E-state index in [0.29, 0.717) is 34.2 Å². The van der Waals surface area contributed by atoms with Crippen LogP contribution in [0.25, 0.3) is 22.3 Å². The Labute approximate surface area is 222 Å². The average Bonchev–Trinajstić information content (AvgIpc) is 3.14. The predicted octanol–water partition coefficient (Wildman–Crippen LogP) is 5.22. The van der Waals surface area contributed by atoms with Crippen LogP contribution in [0.15, 0.2) is 40.8 Å². The van der Waals surface area contributed by atoms with E-state index < -0.39 is 39.4 Å². The number of ketones is 1. The maximum atomic E-state index is 13.6. The number of Topliss-reactive ketones (excluding diaryl/α,β-unsaturated/α-hetero) is 1. The van der Waals surface area contributed by atoms with Crippen LogP contribution in [0, 0.1) is 11.2 Å². The van der Waals surface area contributed by atoms with Crippen molar-refractivity contribution in [2.24, 2.45) is 5.41 Å². The Balaban J connectivity index is 1.84. The second-order valence-corrected chi connectivity index (χ2v) is 12.6. The second kappa shape index (κ2) is 10.1. The van der Waals surface area contributed by atoms with Gasteiger partial charge in [0.2, 0.25) is 10.0 Å². The first-order valence-corrected chi connectivity index (χ1v) is 14.3. The van der Waals surface area contributed by atoms with E-state index in [-0.39, 0.29) is 30.1 Å². The van der Waals surface area contributed by atoms with Crippen LogP contribution in [0.2, 0.25) is 0 Å². The Bertz CT molecular complexity index is 1490. The molecule has 2 aromatic carbocycles. The first-order chi connectivity index (χ1) is 17.7. The third-order valence-electron chi connectivity index (χ3n) is 6.80. The van der Waals surface area contributed by atoms with E-state index in [1.807, 2.05) is 27.7 Å². The molecule has 38 heavy (non-hydrogen) atoms. The Morgan fingerprint density at radius 3 is 2.39 bits per heavy atom. The van der Waals surface area contributed by atoms with Crippen molar-refractivity contribution in [1.29, 1.82) is 0 Å². The van der Waals surface area contributed by atoms with Crippen LogP contribution in [0.4, 0.5) is 10.1 Å². The Morgan fingerprint density at radius 1 is 1.16 bits per heavy atom. The summed E-state index contributed by atoms with van der Waals surface area (Å²) in [7, 11) is -2.23. The van der Waals surface area contributed by atoms with Gasteiger partial charge in [-0.05, 0) is 43.7 Å². The van der Waals surface area contributed by atoms with Gasteiger partial charge in [0.1, 0.15) is 22.9 Å². The lowest BCUT2D eigenvalue weighted by Crippen LogP contribution is -2.37. The average molecular weight is 545 g/mol. The summed E-state index contributed by atoms with van der Waals surface area (Å²) < 4.78 is 53.1. The highest BCUT2D eigenvalue weighted by molar-refractivity contribution is 7.92. The van der Waals surface area contributed by atoms with E-state index in [4.69, 9.17) is 9.15 Å². The number of nitrogens with zero attached hydrogens (tertiary/aromatic N) is 1. The Hall–Kier alpha value is -3.24. The Morgan fingerprint density at radius 2 is 1.82 bits per heavy atom. The molecule has 1 amide bonds. The number of hydrogen-bond acceptors (Lipinski definition) is 6. The van der Waals surface area contributed by atoms with Crippen molar-refractivity contribution in [2.45, 2.75) is 52.7 Å². The normalized spacial score (nSPS) is 18.2. The van der Waals surface area contributed by atoms with E-state index in [9.17, 15) is 22.4 Å². The minimum atomic E-state index is -3.73. The molecule has 0 fully saturated rings. The molecule has 2 atom stereocenters. The molecular weight excluding hydrogens is 511 g/mol. The summed E-state index contributed by atoms with van der Waals surface area (Å²) in [5.74, 6) is -0.504. The van der Waals surface area contributed by atoms with Crippen LogP contribution in [0.5, 0.6) is 0 Å². The number of sulfonamides is 1. The molecule has 0 radical (unpaired) electrons. The first kappa shape index (κ1) is 27.8. The van der Waals surface area contributed by atoms with Crippen molar-refractivity contribution in [1.82, 2.24) is 5.32 Å². The zero-order valence-corrected chi connectivity index (χ0v) is 23.2. The van der Waals surface area contributed by atoms with Gasteiger partial charge >= 0.3 is 0 Å². The van der Waals surface area contributed by atoms with Crippen molar-refractivity contribution in [3.8, 4) is 11.3 Å². The number of rotatable bonds is 6. The highest BCUT2D eigenvalue weighted by Crippen LogP contribution is 2.42. The van der Waals surface area contributed by atoms with E-state index in [1.54, 1.807) is 12.1 Å². The number of benzene rings is 2.